The standard InChI is InChI=1S/C38H45NO12/c1-19-23(49-34(46)29(43)27(39)21-12-8-6-9-13-21)17-38(47)32(50-33(45)22-14-10-7-11-15-22)30-36(5,31(44)28(42)26(19)35(38,3)4)24(41)16-25-37(30,18-48-25)51-20(2)40/h6-15,23-25,27-30,32,41-43,47H,16-18,39H2,1-5H3/t23-,24-,25+,27-,28+,29-,30-,32-,36+,37-,38-/m0/s1. The number of aliphatic hydroxyl groups excluding tert-OH is 3. The Bertz CT molecular complexity index is 1750. The molecule has 0 amide bonds. The van der Waals surface area contributed by atoms with Crippen molar-refractivity contribution >= 4 is 23.7 Å². The van der Waals surface area contributed by atoms with Crippen molar-refractivity contribution < 1.29 is 58.6 Å². The number of esters is 3. The highest BCUT2D eigenvalue weighted by Crippen LogP contribution is 2.64. The number of rotatable bonds is 7. The number of carbonyl (C=O) groups excluding carboxylic acids is 4. The van der Waals surface area contributed by atoms with E-state index < -0.39 is 101 Å². The van der Waals surface area contributed by atoms with Gasteiger partial charge in [-0.05, 0) is 42.7 Å². The summed E-state index contributed by atoms with van der Waals surface area (Å²) in [5.74, 6) is -5.10. The lowest BCUT2D eigenvalue weighted by molar-refractivity contribution is -0.346. The fraction of sp³-hybridized carbons (Fsp3) is 0.526. The van der Waals surface area contributed by atoms with Crippen LogP contribution in [-0.4, -0.2) is 98.6 Å². The molecule has 51 heavy (non-hydrogen) atoms. The molecule has 1 saturated heterocycles. The first kappa shape index (κ1) is 36.8. The molecule has 3 fully saturated rings. The van der Waals surface area contributed by atoms with Gasteiger partial charge in [-0.1, -0.05) is 62.4 Å². The van der Waals surface area contributed by atoms with Gasteiger partial charge >= 0.3 is 17.9 Å². The summed E-state index contributed by atoms with van der Waals surface area (Å²) in [7, 11) is 0. The molecule has 6 rings (SSSR count). The zero-order chi connectivity index (χ0) is 37.3. The lowest BCUT2D eigenvalue weighted by Gasteiger charge is -2.67. The number of carbonyl (C=O) groups is 4. The van der Waals surface area contributed by atoms with Gasteiger partial charge in [0.25, 0.3) is 0 Å². The minimum Gasteiger partial charge on any atom is -0.456 e. The monoisotopic (exact) mass is 707 g/mol. The number of ether oxygens (including phenoxy) is 4. The van der Waals surface area contributed by atoms with E-state index in [-0.39, 0.29) is 29.7 Å². The van der Waals surface area contributed by atoms with E-state index in [1.165, 1.54) is 32.9 Å². The summed E-state index contributed by atoms with van der Waals surface area (Å²) in [6.45, 7) is 6.99. The van der Waals surface area contributed by atoms with Crippen LogP contribution in [0.5, 0.6) is 0 Å². The first-order valence-corrected chi connectivity index (χ1v) is 17.0. The van der Waals surface area contributed by atoms with Gasteiger partial charge in [-0.25, -0.2) is 9.59 Å². The second-order valence-corrected chi connectivity index (χ2v) is 15.0. The Kier molecular flexibility index (Phi) is 9.31. The number of fused-ring (bicyclic) bond motifs is 5. The van der Waals surface area contributed by atoms with Crippen LogP contribution in [0.1, 0.15) is 69.4 Å². The molecule has 1 heterocycles. The van der Waals surface area contributed by atoms with Crippen molar-refractivity contribution in [2.24, 2.45) is 22.5 Å². The SMILES string of the molecule is CC(=O)O[C@@]12CO[C@@H]1C[C@H](O)[C@@]1(C)C(=O)[C@H](O)C3=C(C)[C@@H](OC(=O)[C@@H](O)[C@@H](N)c4ccccc4)C[C@](O)([C@@H](OC(=O)c4ccccc4)[C@H]21)C3(C)C. The average molecular weight is 708 g/mol. The van der Waals surface area contributed by atoms with Crippen LogP contribution in [0.2, 0.25) is 0 Å². The van der Waals surface area contributed by atoms with Crippen LogP contribution in [0.3, 0.4) is 0 Å². The van der Waals surface area contributed by atoms with Crippen molar-refractivity contribution in [2.45, 2.75) is 101 Å². The van der Waals surface area contributed by atoms with E-state index >= 15 is 0 Å². The molecular formula is C38H45NO12. The van der Waals surface area contributed by atoms with Gasteiger partial charge in [-0.2, -0.15) is 0 Å². The van der Waals surface area contributed by atoms with E-state index in [0.717, 1.165) is 0 Å². The summed E-state index contributed by atoms with van der Waals surface area (Å²) in [6, 6.07) is 15.2. The third-order valence-corrected chi connectivity index (χ3v) is 11.9. The van der Waals surface area contributed by atoms with E-state index in [4.69, 9.17) is 24.7 Å². The molecule has 274 valence electrons. The predicted molar refractivity (Wildman–Crippen MR) is 178 cm³/mol. The first-order valence-electron chi connectivity index (χ1n) is 17.0. The summed E-state index contributed by atoms with van der Waals surface area (Å²) < 4.78 is 23.9. The Morgan fingerprint density at radius 3 is 2.16 bits per heavy atom. The van der Waals surface area contributed by atoms with Crippen molar-refractivity contribution in [3.05, 3.63) is 82.9 Å². The molecule has 1 aliphatic heterocycles. The molecule has 2 saturated carbocycles. The molecular weight excluding hydrogens is 662 g/mol. The van der Waals surface area contributed by atoms with Gasteiger partial charge in [0.05, 0.1) is 35.6 Å². The van der Waals surface area contributed by atoms with Gasteiger partial charge in [-0.3, -0.25) is 9.59 Å². The highest BCUT2D eigenvalue weighted by molar-refractivity contribution is 5.94. The molecule has 2 aromatic rings. The molecule has 3 aliphatic carbocycles. The Labute approximate surface area is 295 Å². The van der Waals surface area contributed by atoms with Gasteiger partial charge in [0.2, 0.25) is 0 Å². The van der Waals surface area contributed by atoms with E-state index in [2.05, 4.69) is 0 Å². The van der Waals surface area contributed by atoms with E-state index in [1.54, 1.807) is 62.4 Å². The maximum Gasteiger partial charge on any atom is 0.338 e. The van der Waals surface area contributed by atoms with E-state index in [9.17, 15) is 39.6 Å². The van der Waals surface area contributed by atoms with Crippen molar-refractivity contribution in [1.29, 1.82) is 0 Å². The Morgan fingerprint density at radius 2 is 1.59 bits per heavy atom. The minimum absolute atomic E-state index is 0.0120. The lowest BCUT2D eigenvalue weighted by Crippen LogP contribution is -2.81. The third kappa shape index (κ3) is 5.53. The fourth-order valence-electron chi connectivity index (χ4n) is 8.99. The molecule has 4 aliphatic rings. The summed E-state index contributed by atoms with van der Waals surface area (Å²) in [5, 5.41) is 48.0. The summed E-state index contributed by atoms with van der Waals surface area (Å²) in [4.78, 5) is 55.0. The van der Waals surface area contributed by atoms with Crippen LogP contribution in [-0.2, 0) is 33.3 Å². The van der Waals surface area contributed by atoms with Gasteiger partial charge < -0.3 is 45.1 Å². The van der Waals surface area contributed by atoms with Crippen LogP contribution < -0.4 is 5.73 Å². The molecule has 13 nitrogen and oxygen atoms in total. The zero-order valence-electron chi connectivity index (χ0n) is 29.1. The van der Waals surface area contributed by atoms with Crippen LogP contribution in [0, 0.1) is 16.7 Å². The predicted octanol–water partition coefficient (Wildman–Crippen LogP) is 1.69. The third-order valence-electron chi connectivity index (χ3n) is 11.9. The van der Waals surface area contributed by atoms with E-state index in [0.29, 0.717) is 5.56 Å². The summed E-state index contributed by atoms with van der Waals surface area (Å²) >= 11 is 0. The zero-order valence-corrected chi connectivity index (χ0v) is 29.1. The Balaban J connectivity index is 1.53. The number of ketones is 1. The summed E-state index contributed by atoms with van der Waals surface area (Å²) in [6.07, 6.45) is -9.94. The largest absolute Gasteiger partial charge is 0.456 e. The number of benzene rings is 2. The van der Waals surface area contributed by atoms with Crippen molar-refractivity contribution in [1.82, 2.24) is 0 Å². The Hall–Kier alpha value is -3.98. The molecule has 0 unspecified atom stereocenters. The molecule has 0 radical (unpaired) electrons. The smallest absolute Gasteiger partial charge is 0.338 e. The maximum absolute atomic E-state index is 14.8. The second kappa shape index (κ2) is 12.9. The van der Waals surface area contributed by atoms with Gasteiger partial charge in [0.1, 0.15) is 30.0 Å². The van der Waals surface area contributed by atoms with Crippen molar-refractivity contribution in [3.63, 3.8) is 0 Å². The van der Waals surface area contributed by atoms with E-state index in [1.807, 2.05) is 0 Å². The summed E-state index contributed by atoms with van der Waals surface area (Å²) in [5.41, 5.74) is -0.496. The number of nitrogens with two attached hydrogens (primary N) is 1. The quantitative estimate of drug-likeness (QED) is 0.158. The minimum atomic E-state index is -2.28. The fourth-order valence-corrected chi connectivity index (χ4v) is 8.99. The van der Waals surface area contributed by atoms with Gasteiger partial charge in [-0.15, -0.1) is 0 Å². The average Bonchev–Trinajstić information content (AvgIpc) is 3.09. The van der Waals surface area contributed by atoms with Crippen LogP contribution in [0.4, 0.5) is 0 Å². The number of Topliss-reactive ketones (excluding diaryl/α,β-unsaturated/α-hetero) is 1. The molecule has 6 N–H and O–H groups in total. The highest BCUT2D eigenvalue weighted by atomic mass is 16.6. The molecule has 0 aromatic heterocycles. The number of hydrogen-bond donors (Lipinski definition) is 5. The lowest BCUT2D eigenvalue weighted by atomic mass is 9.44. The molecule has 13 heteroatoms. The molecule has 0 spiro atoms. The molecule has 11 atom stereocenters. The maximum atomic E-state index is 14.8. The van der Waals surface area contributed by atoms with Crippen LogP contribution in [0.15, 0.2) is 71.8 Å². The molecule has 2 aromatic carbocycles. The van der Waals surface area contributed by atoms with Crippen LogP contribution in [0.25, 0.3) is 0 Å². The normalized spacial score (nSPS) is 36.5. The van der Waals surface area contributed by atoms with Gasteiger partial charge in [0, 0.05) is 25.2 Å². The van der Waals surface area contributed by atoms with Gasteiger partial charge in [0.15, 0.2) is 17.5 Å². The van der Waals surface area contributed by atoms with Crippen molar-refractivity contribution in [2.75, 3.05) is 6.61 Å². The van der Waals surface area contributed by atoms with Crippen LogP contribution >= 0.6 is 0 Å². The topological polar surface area (TPSA) is 212 Å². The second-order valence-electron chi connectivity index (χ2n) is 15.0. The number of aliphatic hydroxyl groups is 4. The first-order chi connectivity index (χ1) is 23.9. The number of hydrogen-bond acceptors (Lipinski definition) is 13. The highest BCUT2D eigenvalue weighted by Gasteiger charge is 2.78. The van der Waals surface area contributed by atoms with Crippen molar-refractivity contribution in [3.8, 4) is 0 Å². The Morgan fingerprint density at radius 1 is 0.980 bits per heavy atom. The molecule has 2 bridgehead atoms.